The van der Waals surface area contributed by atoms with Crippen molar-refractivity contribution >= 4 is 43.1 Å². The van der Waals surface area contributed by atoms with Crippen molar-refractivity contribution in [3.63, 3.8) is 0 Å². The molecule has 24 heavy (non-hydrogen) atoms. The Balaban J connectivity index is 2.15. The van der Waals surface area contributed by atoms with E-state index in [4.69, 9.17) is 0 Å². The highest BCUT2D eigenvalue weighted by Crippen LogP contribution is 2.41. The first-order valence-electron chi connectivity index (χ1n) is 7.91. The molecule has 0 spiro atoms. The zero-order valence-corrected chi connectivity index (χ0v) is 12.8. The minimum atomic E-state index is -0.0905. The summed E-state index contributed by atoms with van der Waals surface area (Å²) in [6, 6.07) is 24.2. The number of hydrogen-bond donors (Lipinski definition) is 2. The van der Waals surface area contributed by atoms with E-state index in [1.54, 1.807) is 12.1 Å². The number of hydrogen-bond acceptors (Lipinski definition) is 2. The first kappa shape index (κ1) is 13.2. The first-order chi connectivity index (χ1) is 11.7. The molecule has 0 unspecified atom stereocenters. The van der Waals surface area contributed by atoms with Gasteiger partial charge in [0.05, 0.1) is 0 Å². The molecule has 5 aromatic rings. The molecule has 0 atom stereocenters. The molecule has 0 aliphatic carbocycles. The van der Waals surface area contributed by atoms with Gasteiger partial charge in [-0.1, -0.05) is 48.5 Å². The van der Waals surface area contributed by atoms with Gasteiger partial charge in [-0.15, -0.1) is 0 Å². The summed E-state index contributed by atoms with van der Waals surface area (Å²) < 4.78 is 0. The fourth-order valence-electron chi connectivity index (χ4n) is 3.66. The number of phenols is 2. The van der Waals surface area contributed by atoms with Gasteiger partial charge >= 0.3 is 0 Å². The van der Waals surface area contributed by atoms with Crippen LogP contribution in [0.15, 0.2) is 72.8 Å². The molecule has 0 fully saturated rings. The van der Waals surface area contributed by atoms with Crippen LogP contribution in [0.5, 0.6) is 11.5 Å². The topological polar surface area (TPSA) is 40.5 Å². The van der Waals surface area contributed by atoms with Crippen molar-refractivity contribution < 1.29 is 10.2 Å². The predicted octanol–water partition coefficient (Wildman–Crippen LogP) is 5.71. The van der Waals surface area contributed by atoms with Crippen molar-refractivity contribution in [2.45, 2.75) is 0 Å². The van der Waals surface area contributed by atoms with Crippen molar-refractivity contribution in [1.29, 1.82) is 0 Å². The summed E-state index contributed by atoms with van der Waals surface area (Å²) in [6.45, 7) is 0. The Bertz CT molecular complexity index is 1270. The molecule has 2 nitrogen and oxygen atoms in total. The van der Waals surface area contributed by atoms with Crippen molar-refractivity contribution in [2.24, 2.45) is 0 Å². The Kier molecular flexibility index (Phi) is 2.54. The molecular weight excluding hydrogens is 296 g/mol. The molecule has 114 valence electrons. The maximum Gasteiger partial charge on any atom is 0.158 e. The van der Waals surface area contributed by atoms with Gasteiger partial charge in [0, 0.05) is 0 Å². The van der Waals surface area contributed by atoms with Crippen LogP contribution in [0.25, 0.3) is 43.1 Å². The Morgan fingerprint density at radius 3 is 1.33 bits per heavy atom. The maximum absolute atomic E-state index is 10.0. The maximum atomic E-state index is 10.0. The Labute approximate surface area is 138 Å². The van der Waals surface area contributed by atoms with E-state index in [0.29, 0.717) is 0 Å². The van der Waals surface area contributed by atoms with Crippen LogP contribution in [0, 0.1) is 0 Å². The van der Waals surface area contributed by atoms with Gasteiger partial charge in [-0.05, 0) is 67.4 Å². The van der Waals surface area contributed by atoms with Crippen LogP contribution in [-0.2, 0) is 0 Å². The van der Waals surface area contributed by atoms with E-state index in [9.17, 15) is 10.2 Å². The third-order valence-electron chi connectivity index (χ3n) is 4.80. The molecule has 0 aromatic heterocycles. The molecule has 2 heteroatoms. The van der Waals surface area contributed by atoms with E-state index in [0.717, 1.165) is 37.7 Å². The monoisotopic (exact) mass is 310 g/mol. The summed E-state index contributed by atoms with van der Waals surface area (Å²) in [4.78, 5) is 0. The molecule has 0 radical (unpaired) electrons. The summed E-state index contributed by atoms with van der Waals surface area (Å²) in [5.41, 5.74) is 0. The number of rotatable bonds is 0. The highest BCUT2D eigenvalue weighted by atomic mass is 16.3. The van der Waals surface area contributed by atoms with Gasteiger partial charge in [-0.3, -0.25) is 0 Å². The summed E-state index contributed by atoms with van der Waals surface area (Å²) in [6.07, 6.45) is 0. The number of fused-ring (bicyclic) bond motifs is 7. The lowest BCUT2D eigenvalue weighted by atomic mass is 9.92. The lowest BCUT2D eigenvalue weighted by Crippen LogP contribution is -1.84. The van der Waals surface area contributed by atoms with Gasteiger partial charge in [-0.2, -0.15) is 0 Å². The standard InChI is InChI=1S/C22H14O2/c23-21-11-19-16-8-4-3-7-15(16)17-9-13-5-1-2-6-14(13)10-18(17)20(19)12-22(21)24/h1-12,23-24H. The summed E-state index contributed by atoms with van der Waals surface area (Å²) in [5, 5.41) is 28.7. The van der Waals surface area contributed by atoms with Gasteiger partial charge in [0.2, 0.25) is 0 Å². The number of benzene rings is 5. The van der Waals surface area contributed by atoms with Crippen molar-refractivity contribution in [3.8, 4) is 11.5 Å². The van der Waals surface area contributed by atoms with E-state index in [2.05, 4.69) is 36.4 Å². The van der Waals surface area contributed by atoms with Gasteiger partial charge < -0.3 is 10.2 Å². The highest BCUT2D eigenvalue weighted by molar-refractivity contribution is 6.27. The lowest BCUT2D eigenvalue weighted by molar-refractivity contribution is 0.405. The normalized spacial score (nSPS) is 11.7. The second-order valence-electron chi connectivity index (χ2n) is 6.18. The van der Waals surface area contributed by atoms with Crippen LogP contribution in [0.2, 0.25) is 0 Å². The zero-order chi connectivity index (χ0) is 16.3. The molecule has 0 heterocycles. The molecule has 0 amide bonds. The van der Waals surface area contributed by atoms with Crippen LogP contribution in [0.4, 0.5) is 0 Å². The van der Waals surface area contributed by atoms with Crippen LogP contribution in [-0.4, -0.2) is 10.2 Å². The van der Waals surface area contributed by atoms with Crippen LogP contribution >= 0.6 is 0 Å². The highest BCUT2D eigenvalue weighted by Gasteiger charge is 2.12. The predicted molar refractivity (Wildman–Crippen MR) is 99.8 cm³/mol. The minimum absolute atomic E-state index is 0.0900. The summed E-state index contributed by atoms with van der Waals surface area (Å²) in [5.74, 6) is -0.181. The largest absolute Gasteiger partial charge is 0.504 e. The van der Waals surface area contributed by atoms with E-state index in [-0.39, 0.29) is 11.5 Å². The third-order valence-corrected chi connectivity index (χ3v) is 4.80. The number of phenolic OH excluding ortho intramolecular Hbond substituents is 2. The fraction of sp³-hybridized carbons (Fsp3) is 0. The van der Waals surface area contributed by atoms with E-state index < -0.39 is 0 Å². The summed E-state index contributed by atoms with van der Waals surface area (Å²) >= 11 is 0. The molecule has 0 aliphatic rings. The average Bonchev–Trinajstić information content (AvgIpc) is 2.62. The molecule has 0 aliphatic heterocycles. The van der Waals surface area contributed by atoms with Crippen molar-refractivity contribution in [2.75, 3.05) is 0 Å². The van der Waals surface area contributed by atoms with E-state index in [1.807, 2.05) is 24.3 Å². The van der Waals surface area contributed by atoms with Gasteiger partial charge in [0.25, 0.3) is 0 Å². The smallest absolute Gasteiger partial charge is 0.158 e. The first-order valence-corrected chi connectivity index (χ1v) is 7.91. The van der Waals surface area contributed by atoms with Crippen molar-refractivity contribution in [3.05, 3.63) is 72.8 Å². The number of aromatic hydroxyl groups is 2. The molecule has 5 aromatic carbocycles. The van der Waals surface area contributed by atoms with E-state index >= 15 is 0 Å². The minimum Gasteiger partial charge on any atom is -0.504 e. The van der Waals surface area contributed by atoms with Crippen LogP contribution in [0.1, 0.15) is 0 Å². The zero-order valence-electron chi connectivity index (χ0n) is 12.8. The molecule has 0 bridgehead atoms. The molecule has 0 saturated heterocycles. The second-order valence-corrected chi connectivity index (χ2v) is 6.18. The second kappa shape index (κ2) is 4.62. The van der Waals surface area contributed by atoms with Crippen LogP contribution < -0.4 is 0 Å². The molecule has 5 rings (SSSR count). The lowest BCUT2D eigenvalue weighted by Gasteiger charge is -2.12. The molecular formula is C22H14O2. The molecule has 2 N–H and O–H groups in total. The SMILES string of the molecule is Oc1cc2c3ccccc3c3cc4ccccc4cc3c2cc1O. The average molecular weight is 310 g/mol. The van der Waals surface area contributed by atoms with Gasteiger partial charge in [0.15, 0.2) is 11.5 Å². The van der Waals surface area contributed by atoms with Crippen LogP contribution in [0.3, 0.4) is 0 Å². The van der Waals surface area contributed by atoms with E-state index in [1.165, 1.54) is 5.39 Å². The summed E-state index contributed by atoms with van der Waals surface area (Å²) in [7, 11) is 0. The Hall–Kier alpha value is -3.26. The van der Waals surface area contributed by atoms with Gasteiger partial charge in [-0.25, -0.2) is 0 Å². The Morgan fingerprint density at radius 1 is 0.417 bits per heavy atom. The molecule has 0 saturated carbocycles. The fourth-order valence-corrected chi connectivity index (χ4v) is 3.66. The third kappa shape index (κ3) is 1.71. The van der Waals surface area contributed by atoms with Gasteiger partial charge in [0.1, 0.15) is 0 Å². The van der Waals surface area contributed by atoms with Crippen molar-refractivity contribution in [1.82, 2.24) is 0 Å². The quantitative estimate of drug-likeness (QED) is 0.218. The Morgan fingerprint density at radius 2 is 0.792 bits per heavy atom.